The summed E-state index contributed by atoms with van der Waals surface area (Å²) < 4.78 is 10.7. The molecule has 3 heterocycles. The zero-order valence-corrected chi connectivity index (χ0v) is 18.3. The number of hydrogen-bond acceptors (Lipinski definition) is 6. The number of furan rings is 1. The highest BCUT2D eigenvalue weighted by Crippen LogP contribution is 2.26. The van der Waals surface area contributed by atoms with Crippen LogP contribution in [-0.4, -0.2) is 54.1 Å². The van der Waals surface area contributed by atoms with Crippen LogP contribution in [0.1, 0.15) is 38.8 Å². The molecule has 1 aliphatic rings. The maximum Gasteiger partial charge on any atom is 0.289 e. The van der Waals surface area contributed by atoms with Gasteiger partial charge in [0.25, 0.3) is 5.91 Å². The largest absolute Gasteiger partial charge is 0.459 e. The van der Waals surface area contributed by atoms with Crippen molar-refractivity contribution in [3.05, 3.63) is 76.6 Å². The van der Waals surface area contributed by atoms with E-state index in [9.17, 15) is 4.79 Å². The Morgan fingerprint density at radius 1 is 1.10 bits per heavy atom. The van der Waals surface area contributed by atoms with Crippen LogP contribution >= 0.6 is 0 Å². The van der Waals surface area contributed by atoms with Crippen molar-refractivity contribution in [1.82, 2.24) is 14.9 Å². The second-order valence-corrected chi connectivity index (χ2v) is 7.88. The molecular weight excluding hydrogens is 392 g/mol. The van der Waals surface area contributed by atoms with Gasteiger partial charge in [0, 0.05) is 45.3 Å². The van der Waals surface area contributed by atoms with Gasteiger partial charge in [-0.25, -0.2) is 9.97 Å². The van der Waals surface area contributed by atoms with E-state index < -0.39 is 0 Å². The quantitative estimate of drug-likeness (QED) is 0.609. The zero-order chi connectivity index (χ0) is 21.8. The molecule has 4 rings (SSSR count). The number of amides is 1. The van der Waals surface area contributed by atoms with Crippen LogP contribution in [0.5, 0.6) is 0 Å². The number of rotatable bonds is 6. The number of methoxy groups -OCH3 is 1. The number of nitrogens with zero attached hydrogens (tertiary/aromatic N) is 4. The van der Waals surface area contributed by atoms with Crippen molar-refractivity contribution in [3.63, 3.8) is 0 Å². The Labute approximate surface area is 182 Å². The highest BCUT2D eigenvalue weighted by Gasteiger charge is 2.27. The lowest BCUT2D eigenvalue weighted by atomic mass is 10.0. The number of ether oxygens (including phenoxy) is 1. The molecule has 0 saturated carbocycles. The van der Waals surface area contributed by atoms with Gasteiger partial charge in [0.2, 0.25) is 0 Å². The molecule has 7 nitrogen and oxygen atoms in total. The summed E-state index contributed by atoms with van der Waals surface area (Å²) in [6, 6.07) is 11.9. The van der Waals surface area contributed by atoms with E-state index >= 15 is 0 Å². The Bertz CT molecular complexity index is 1040. The standard InChI is InChI=1S/C24H28N4O3/c1-17-6-4-7-19(14-17)15-20-21(16-30-3)25-18(2)26-23(20)27-9-11-28(12-10-27)24(29)22-8-5-13-31-22/h4-8,13-14H,9-12,15-16H2,1-3H3. The highest BCUT2D eigenvalue weighted by atomic mass is 16.5. The molecule has 162 valence electrons. The molecule has 1 aliphatic heterocycles. The lowest BCUT2D eigenvalue weighted by Gasteiger charge is -2.36. The summed E-state index contributed by atoms with van der Waals surface area (Å²) >= 11 is 0. The third kappa shape index (κ3) is 4.77. The number of hydrogen-bond donors (Lipinski definition) is 0. The van der Waals surface area contributed by atoms with E-state index in [0.717, 1.165) is 29.3 Å². The Morgan fingerprint density at radius 3 is 2.58 bits per heavy atom. The normalized spacial score (nSPS) is 14.2. The van der Waals surface area contributed by atoms with E-state index in [1.165, 1.54) is 17.4 Å². The number of aryl methyl sites for hydroxylation is 2. The van der Waals surface area contributed by atoms with Crippen LogP contribution in [0.25, 0.3) is 0 Å². The van der Waals surface area contributed by atoms with E-state index in [4.69, 9.17) is 14.1 Å². The van der Waals surface area contributed by atoms with Crippen molar-refractivity contribution < 1.29 is 13.9 Å². The Kier molecular flexibility index (Phi) is 6.32. The zero-order valence-electron chi connectivity index (χ0n) is 18.3. The van der Waals surface area contributed by atoms with Gasteiger partial charge >= 0.3 is 0 Å². The first-order chi connectivity index (χ1) is 15.0. The minimum Gasteiger partial charge on any atom is -0.459 e. The number of benzene rings is 1. The molecule has 7 heteroatoms. The fourth-order valence-corrected chi connectivity index (χ4v) is 4.04. The molecule has 0 radical (unpaired) electrons. The van der Waals surface area contributed by atoms with Gasteiger partial charge in [0.15, 0.2) is 5.76 Å². The maximum atomic E-state index is 12.6. The molecule has 31 heavy (non-hydrogen) atoms. The summed E-state index contributed by atoms with van der Waals surface area (Å²) in [4.78, 5) is 26.2. The van der Waals surface area contributed by atoms with E-state index in [1.54, 1.807) is 19.2 Å². The highest BCUT2D eigenvalue weighted by molar-refractivity contribution is 5.91. The molecular formula is C24H28N4O3. The molecule has 0 unspecified atom stereocenters. The van der Waals surface area contributed by atoms with Crippen molar-refractivity contribution in [2.24, 2.45) is 0 Å². The van der Waals surface area contributed by atoms with Gasteiger partial charge in [-0.1, -0.05) is 29.8 Å². The number of carbonyl (C=O) groups is 1. The van der Waals surface area contributed by atoms with Crippen molar-refractivity contribution in [1.29, 1.82) is 0 Å². The van der Waals surface area contributed by atoms with Gasteiger partial charge in [-0.05, 0) is 31.5 Å². The van der Waals surface area contributed by atoms with Gasteiger partial charge in [0.1, 0.15) is 11.6 Å². The average Bonchev–Trinajstić information content (AvgIpc) is 3.30. The van der Waals surface area contributed by atoms with Gasteiger partial charge in [-0.3, -0.25) is 4.79 Å². The summed E-state index contributed by atoms with van der Waals surface area (Å²) in [6.45, 7) is 7.09. The van der Waals surface area contributed by atoms with Crippen LogP contribution in [0.3, 0.4) is 0 Å². The number of anilines is 1. The molecule has 0 spiro atoms. The molecule has 1 amide bonds. The monoisotopic (exact) mass is 420 g/mol. The molecule has 0 aliphatic carbocycles. The van der Waals surface area contributed by atoms with Gasteiger partial charge < -0.3 is 19.0 Å². The third-order valence-corrected chi connectivity index (χ3v) is 5.53. The van der Waals surface area contributed by atoms with Crippen LogP contribution in [0.15, 0.2) is 47.1 Å². The van der Waals surface area contributed by atoms with Gasteiger partial charge in [0.05, 0.1) is 18.6 Å². The summed E-state index contributed by atoms with van der Waals surface area (Å²) in [5.41, 5.74) is 4.45. The second kappa shape index (κ2) is 9.31. The SMILES string of the molecule is COCc1nc(C)nc(N2CCN(C(=O)c3ccco3)CC2)c1Cc1cccc(C)c1. The summed E-state index contributed by atoms with van der Waals surface area (Å²) in [6.07, 6.45) is 2.27. The first-order valence-corrected chi connectivity index (χ1v) is 10.5. The predicted molar refractivity (Wildman–Crippen MR) is 118 cm³/mol. The van der Waals surface area contributed by atoms with Crippen molar-refractivity contribution in [2.75, 3.05) is 38.2 Å². The van der Waals surface area contributed by atoms with Crippen LogP contribution in [0, 0.1) is 13.8 Å². The van der Waals surface area contributed by atoms with Crippen molar-refractivity contribution >= 4 is 11.7 Å². The van der Waals surface area contributed by atoms with E-state index in [1.807, 2.05) is 11.8 Å². The van der Waals surface area contributed by atoms with E-state index in [-0.39, 0.29) is 5.91 Å². The fraction of sp³-hybridized carbons (Fsp3) is 0.375. The molecule has 1 fully saturated rings. The van der Waals surface area contributed by atoms with Crippen LogP contribution in [0.4, 0.5) is 5.82 Å². The summed E-state index contributed by atoms with van der Waals surface area (Å²) in [5, 5.41) is 0. The van der Waals surface area contributed by atoms with Crippen LogP contribution < -0.4 is 4.90 Å². The molecule has 1 saturated heterocycles. The Morgan fingerprint density at radius 2 is 1.90 bits per heavy atom. The molecule has 0 bridgehead atoms. The Balaban J connectivity index is 1.59. The number of aromatic nitrogens is 2. The topological polar surface area (TPSA) is 71.7 Å². The smallest absolute Gasteiger partial charge is 0.289 e. The third-order valence-electron chi connectivity index (χ3n) is 5.53. The maximum absolute atomic E-state index is 12.6. The minimum absolute atomic E-state index is 0.0661. The van der Waals surface area contributed by atoms with Crippen LogP contribution in [-0.2, 0) is 17.8 Å². The second-order valence-electron chi connectivity index (χ2n) is 7.88. The first-order valence-electron chi connectivity index (χ1n) is 10.5. The fourth-order valence-electron chi connectivity index (χ4n) is 4.04. The van der Waals surface area contributed by atoms with Crippen molar-refractivity contribution in [3.8, 4) is 0 Å². The number of carbonyl (C=O) groups excluding carboxylic acids is 1. The molecule has 3 aromatic rings. The molecule has 1 aromatic carbocycles. The molecule has 2 aromatic heterocycles. The van der Waals surface area contributed by atoms with E-state index in [2.05, 4.69) is 41.1 Å². The lowest BCUT2D eigenvalue weighted by Crippen LogP contribution is -2.49. The van der Waals surface area contributed by atoms with E-state index in [0.29, 0.717) is 38.5 Å². The van der Waals surface area contributed by atoms with Gasteiger partial charge in [-0.2, -0.15) is 0 Å². The Hall–Kier alpha value is -3.19. The van der Waals surface area contributed by atoms with Crippen LogP contribution in [0.2, 0.25) is 0 Å². The number of piperazine rings is 1. The minimum atomic E-state index is -0.0661. The van der Waals surface area contributed by atoms with Gasteiger partial charge in [-0.15, -0.1) is 0 Å². The summed E-state index contributed by atoms with van der Waals surface area (Å²) in [7, 11) is 1.69. The van der Waals surface area contributed by atoms with Crippen molar-refractivity contribution in [2.45, 2.75) is 26.9 Å². The predicted octanol–water partition coefficient (Wildman–Crippen LogP) is 3.39. The first kappa shape index (κ1) is 21.1. The lowest BCUT2D eigenvalue weighted by molar-refractivity contribution is 0.0714. The molecule has 0 atom stereocenters. The molecule has 0 N–H and O–H groups in total. The summed E-state index contributed by atoms with van der Waals surface area (Å²) in [5.74, 6) is 1.98. The average molecular weight is 421 g/mol.